The Hall–Kier alpha value is -2.82. The molecule has 0 saturated carbocycles. The molecule has 0 aliphatic rings. The topological polar surface area (TPSA) is 64.6 Å². The van der Waals surface area contributed by atoms with Crippen molar-refractivity contribution in [2.24, 2.45) is 0 Å². The lowest BCUT2D eigenvalue weighted by molar-refractivity contribution is -0.122. The first-order chi connectivity index (χ1) is 13.9. The number of carbonyl (C=O) groups is 2. The van der Waals surface area contributed by atoms with Crippen LogP contribution in [0.4, 0.5) is 5.69 Å². The highest BCUT2D eigenvalue weighted by Crippen LogP contribution is 2.18. The molecule has 0 aromatic heterocycles. The number of esters is 1. The maximum atomic E-state index is 12.4. The van der Waals surface area contributed by atoms with Gasteiger partial charge < -0.3 is 14.8 Å². The molecule has 2 rings (SSSR count). The van der Waals surface area contributed by atoms with Crippen molar-refractivity contribution in [3.63, 3.8) is 0 Å². The van der Waals surface area contributed by atoms with E-state index >= 15 is 0 Å². The zero-order chi connectivity index (χ0) is 21.2. The van der Waals surface area contributed by atoms with Crippen LogP contribution in [0.5, 0.6) is 5.75 Å². The minimum atomic E-state index is -0.649. The predicted octanol–water partition coefficient (Wildman–Crippen LogP) is 5.45. The van der Waals surface area contributed by atoms with E-state index in [1.807, 2.05) is 26.0 Å². The fourth-order valence-electron chi connectivity index (χ4n) is 2.97. The third-order valence-electron chi connectivity index (χ3n) is 4.50. The van der Waals surface area contributed by atoms with E-state index in [9.17, 15) is 9.59 Å². The van der Waals surface area contributed by atoms with E-state index in [4.69, 9.17) is 9.47 Å². The van der Waals surface area contributed by atoms with Crippen LogP contribution in [0.25, 0.3) is 0 Å². The van der Waals surface area contributed by atoms with E-state index in [1.54, 1.807) is 31.2 Å². The molecule has 1 unspecified atom stereocenters. The standard InChI is InChI=1S/C24H31NO4/c1-5-6-7-8-13-28-24(27)20-9-11-21(12-10-20)25-23(26)19(4)29-22-15-17(2)14-18(3)16-22/h9-12,14-16,19H,5-8,13H2,1-4H3,(H,25,26). The average molecular weight is 398 g/mol. The van der Waals surface area contributed by atoms with Gasteiger partial charge in [-0.05, 0) is 74.7 Å². The number of amides is 1. The van der Waals surface area contributed by atoms with Crippen molar-refractivity contribution in [2.75, 3.05) is 11.9 Å². The van der Waals surface area contributed by atoms with Gasteiger partial charge in [0.2, 0.25) is 0 Å². The lowest BCUT2D eigenvalue weighted by atomic mass is 10.1. The molecule has 5 nitrogen and oxygen atoms in total. The zero-order valence-electron chi connectivity index (χ0n) is 17.8. The second kappa shape index (κ2) is 11.2. The van der Waals surface area contributed by atoms with Gasteiger partial charge in [0.1, 0.15) is 5.75 Å². The first kappa shape index (κ1) is 22.5. The SMILES string of the molecule is CCCCCCOC(=O)c1ccc(NC(=O)C(C)Oc2cc(C)cc(C)c2)cc1. The maximum Gasteiger partial charge on any atom is 0.338 e. The number of hydrogen-bond acceptors (Lipinski definition) is 4. The van der Waals surface area contributed by atoms with Gasteiger partial charge in [0.25, 0.3) is 5.91 Å². The van der Waals surface area contributed by atoms with Crippen LogP contribution in [0.1, 0.15) is 61.0 Å². The third-order valence-corrected chi connectivity index (χ3v) is 4.50. The molecule has 1 atom stereocenters. The summed E-state index contributed by atoms with van der Waals surface area (Å²) in [7, 11) is 0. The number of nitrogens with one attached hydrogen (secondary N) is 1. The monoisotopic (exact) mass is 397 g/mol. The molecule has 2 aromatic rings. The van der Waals surface area contributed by atoms with Crippen LogP contribution < -0.4 is 10.1 Å². The Morgan fingerprint density at radius 1 is 0.966 bits per heavy atom. The van der Waals surface area contributed by atoms with Crippen LogP contribution >= 0.6 is 0 Å². The summed E-state index contributed by atoms with van der Waals surface area (Å²) >= 11 is 0. The Kier molecular flexibility index (Phi) is 8.71. The van der Waals surface area contributed by atoms with Crippen molar-refractivity contribution in [2.45, 2.75) is 59.5 Å². The molecule has 2 aromatic carbocycles. The van der Waals surface area contributed by atoms with Gasteiger partial charge in [-0.1, -0.05) is 32.3 Å². The lowest BCUT2D eigenvalue weighted by Crippen LogP contribution is -2.30. The van der Waals surface area contributed by atoms with Gasteiger partial charge in [-0.15, -0.1) is 0 Å². The summed E-state index contributed by atoms with van der Waals surface area (Å²) in [5.74, 6) is 0.0727. The van der Waals surface area contributed by atoms with Crippen molar-refractivity contribution in [3.8, 4) is 5.75 Å². The van der Waals surface area contributed by atoms with Gasteiger partial charge in [0.05, 0.1) is 12.2 Å². The Morgan fingerprint density at radius 2 is 1.62 bits per heavy atom. The molecule has 0 fully saturated rings. The van der Waals surface area contributed by atoms with E-state index in [0.717, 1.165) is 36.8 Å². The average Bonchev–Trinajstić information content (AvgIpc) is 2.67. The molecular formula is C24H31NO4. The summed E-state index contributed by atoms with van der Waals surface area (Å²) in [6, 6.07) is 12.5. The number of hydrogen-bond donors (Lipinski definition) is 1. The molecule has 0 aliphatic carbocycles. The summed E-state index contributed by atoms with van der Waals surface area (Å²) in [6.07, 6.45) is 3.60. The summed E-state index contributed by atoms with van der Waals surface area (Å²) in [5.41, 5.74) is 3.24. The van der Waals surface area contributed by atoms with E-state index in [-0.39, 0.29) is 11.9 Å². The highest BCUT2D eigenvalue weighted by molar-refractivity contribution is 5.95. The molecule has 1 amide bonds. The van der Waals surface area contributed by atoms with Crippen LogP contribution in [0.2, 0.25) is 0 Å². The van der Waals surface area contributed by atoms with E-state index in [2.05, 4.69) is 18.3 Å². The fraction of sp³-hybridized carbons (Fsp3) is 0.417. The quantitative estimate of drug-likeness (QED) is 0.428. The number of aryl methyl sites for hydroxylation is 2. The molecule has 1 N–H and O–H groups in total. The van der Waals surface area contributed by atoms with Crippen LogP contribution in [-0.2, 0) is 9.53 Å². The summed E-state index contributed by atoms with van der Waals surface area (Å²) in [6.45, 7) is 8.26. The van der Waals surface area contributed by atoms with Crippen LogP contribution in [0.3, 0.4) is 0 Å². The highest BCUT2D eigenvalue weighted by atomic mass is 16.5. The first-order valence-electron chi connectivity index (χ1n) is 10.2. The van der Waals surface area contributed by atoms with Gasteiger partial charge in [0, 0.05) is 5.69 Å². The second-order valence-corrected chi connectivity index (χ2v) is 7.35. The van der Waals surface area contributed by atoms with Crippen molar-refractivity contribution in [1.29, 1.82) is 0 Å². The Balaban J connectivity index is 1.84. The maximum absolute atomic E-state index is 12.4. The number of benzene rings is 2. The fourth-order valence-corrected chi connectivity index (χ4v) is 2.97. The molecule has 156 valence electrons. The van der Waals surface area contributed by atoms with Crippen LogP contribution in [0, 0.1) is 13.8 Å². The molecule has 0 aliphatic heterocycles. The van der Waals surface area contributed by atoms with E-state index in [1.165, 1.54) is 0 Å². The van der Waals surface area contributed by atoms with Gasteiger partial charge in [0.15, 0.2) is 6.10 Å². The van der Waals surface area contributed by atoms with E-state index < -0.39 is 6.10 Å². The van der Waals surface area contributed by atoms with Crippen LogP contribution in [-0.4, -0.2) is 24.6 Å². The number of unbranched alkanes of at least 4 members (excludes halogenated alkanes) is 3. The van der Waals surface area contributed by atoms with E-state index in [0.29, 0.717) is 23.6 Å². The minimum Gasteiger partial charge on any atom is -0.481 e. The number of anilines is 1. The summed E-state index contributed by atoms with van der Waals surface area (Å²) in [5, 5.41) is 2.81. The second-order valence-electron chi connectivity index (χ2n) is 7.35. The molecule has 0 spiro atoms. The number of carbonyl (C=O) groups excluding carboxylic acids is 2. The summed E-state index contributed by atoms with van der Waals surface area (Å²) < 4.78 is 11.0. The Labute approximate surface area is 173 Å². The normalized spacial score (nSPS) is 11.6. The van der Waals surface area contributed by atoms with Gasteiger partial charge in [-0.3, -0.25) is 4.79 Å². The number of rotatable bonds is 10. The van der Waals surface area contributed by atoms with Crippen molar-refractivity contribution in [3.05, 3.63) is 59.2 Å². The van der Waals surface area contributed by atoms with Crippen LogP contribution in [0.15, 0.2) is 42.5 Å². The molecule has 0 heterocycles. The molecule has 0 radical (unpaired) electrons. The largest absolute Gasteiger partial charge is 0.481 e. The highest BCUT2D eigenvalue weighted by Gasteiger charge is 2.16. The molecule has 5 heteroatoms. The van der Waals surface area contributed by atoms with Crippen molar-refractivity contribution < 1.29 is 19.1 Å². The van der Waals surface area contributed by atoms with Gasteiger partial charge in [-0.25, -0.2) is 4.79 Å². The van der Waals surface area contributed by atoms with Gasteiger partial charge in [-0.2, -0.15) is 0 Å². The predicted molar refractivity (Wildman–Crippen MR) is 116 cm³/mol. The third kappa shape index (κ3) is 7.60. The molecular weight excluding hydrogens is 366 g/mol. The molecule has 29 heavy (non-hydrogen) atoms. The lowest BCUT2D eigenvalue weighted by Gasteiger charge is -2.16. The Morgan fingerprint density at radius 3 is 2.24 bits per heavy atom. The minimum absolute atomic E-state index is 0.254. The molecule has 0 bridgehead atoms. The van der Waals surface area contributed by atoms with Gasteiger partial charge >= 0.3 is 5.97 Å². The smallest absolute Gasteiger partial charge is 0.338 e. The molecule has 0 saturated heterocycles. The zero-order valence-corrected chi connectivity index (χ0v) is 17.8. The summed E-state index contributed by atoms with van der Waals surface area (Å²) in [4.78, 5) is 24.5. The van der Waals surface area contributed by atoms with Crippen molar-refractivity contribution in [1.82, 2.24) is 0 Å². The van der Waals surface area contributed by atoms with Crippen molar-refractivity contribution >= 4 is 17.6 Å². The number of ether oxygens (including phenoxy) is 2. The Bertz CT molecular complexity index is 794. The first-order valence-corrected chi connectivity index (χ1v) is 10.2.